The van der Waals surface area contributed by atoms with Gasteiger partial charge in [0.05, 0.1) is 24.1 Å². The molecule has 9 nitrogen and oxygen atoms in total. The third kappa shape index (κ3) is 5.22. The first-order chi connectivity index (χ1) is 20.3. The average Bonchev–Trinajstić information content (AvgIpc) is 3.40. The number of carbonyl (C=O) groups is 1. The fraction of sp³-hybridized carbons (Fsp3) is 0.576. The molecule has 0 saturated carbocycles. The van der Waals surface area contributed by atoms with Crippen molar-refractivity contribution >= 4 is 11.7 Å². The van der Waals surface area contributed by atoms with Gasteiger partial charge in [-0.05, 0) is 95.2 Å². The second-order valence-electron chi connectivity index (χ2n) is 12.5. The van der Waals surface area contributed by atoms with Crippen LogP contribution in [0.15, 0.2) is 24.8 Å². The van der Waals surface area contributed by atoms with E-state index in [0.29, 0.717) is 44.2 Å². The van der Waals surface area contributed by atoms with Gasteiger partial charge in [0, 0.05) is 25.7 Å². The number of carbonyl (C=O) groups excluding carboxylic acids is 1. The van der Waals surface area contributed by atoms with E-state index in [9.17, 15) is 10.1 Å². The number of likely N-dealkylation sites (N-methyl/N-ethyl adjacent to an activating group) is 1. The van der Waals surface area contributed by atoms with E-state index < -0.39 is 5.60 Å². The Morgan fingerprint density at radius 3 is 2.79 bits per heavy atom. The maximum Gasteiger partial charge on any atom is 0.321 e. The second kappa shape index (κ2) is 11.6. The topological polar surface area (TPSA) is 94.8 Å². The Labute approximate surface area is 249 Å². The number of nitrogens with zero attached hydrogens (tertiary/aromatic N) is 6. The molecule has 2 fully saturated rings. The monoisotopic (exact) mass is 570 g/mol. The Morgan fingerprint density at radius 2 is 2.02 bits per heavy atom. The summed E-state index contributed by atoms with van der Waals surface area (Å²) in [5.74, 6) is 1.26. The van der Waals surface area contributed by atoms with Crippen LogP contribution in [0.4, 0.5) is 5.82 Å². The van der Waals surface area contributed by atoms with E-state index in [1.807, 2.05) is 0 Å². The summed E-state index contributed by atoms with van der Waals surface area (Å²) in [6, 6.07) is 7.27. The second-order valence-corrected chi connectivity index (χ2v) is 12.5. The first-order valence-corrected chi connectivity index (χ1v) is 15.4. The summed E-state index contributed by atoms with van der Waals surface area (Å²) in [5, 5.41) is 9.54. The Bertz CT molecular complexity index is 1420. The number of piperazine rings is 1. The molecule has 3 aliphatic heterocycles. The minimum absolute atomic E-state index is 0.142. The lowest BCUT2D eigenvalue weighted by Gasteiger charge is -2.45. The number of hydrogen-bond donors (Lipinski definition) is 0. The van der Waals surface area contributed by atoms with Crippen molar-refractivity contribution in [2.24, 2.45) is 0 Å². The Hall–Kier alpha value is -3.64. The molecule has 4 heterocycles. The maximum absolute atomic E-state index is 12.6. The summed E-state index contributed by atoms with van der Waals surface area (Å²) in [5.41, 5.74) is 5.88. The maximum atomic E-state index is 12.6. The van der Waals surface area contributed by atoms with Crippen LogP contribution >= 0.6 is 0 Å². The number of benzene rings is 1. The summed E-state index contributed by atoms with van der Waals surface area (Å²) in [4.78, 5) is 28.7. The molecule has 9 heteroatoms. The standard InChI is InChI=1S/C33H42N6O3/c1-5-29(40)39-17-16-38(20-24(39)11-14-34)30-27-10-13-33(12-6-9-26-23(3)18-22(2)19-28(26)33)42-31(27)36-32(35-30)41-21-25-8-7-15-37(25)4/h5,18-19,24-25H,1,6-13,15-17,20-21H2,2-4H3/t24-,25-,33?/m0/s1. The van der Waals surface area contributed by atoms with Crippen molar-refractivity contribution in [2.45, 2.75) is 82.9 Å². The zero-order chi connectivity index (χ0) is 29.4. The summed E-state index contributed by atoms with van der Waals surface area (Å²) in [6.07, 6.45) is 8.59. The number of aryl methyl sites for hydroxylation is 2. The first-order valence-electron chi connectivity index (χ1n) is 15.4. The number of anilines is 1. The van der Waals surface area contributed by atoms with Gasteiger partial charge in [0.15, 0.2) is 0 Å². The van der Waals surface area contributed by atoms with Crippen LogP contribution in [-0.4, -0.2) is 77.6 Å². The molecule has 1 aliphatic carbocycles. The highest BCUT2D eigenvalue weighted by molar-refractivity contribution is 5.87. The molecule has 2 aromatic rings. The normalized spacial score (nSPS) is 25.4. The van der Waals surface area contributed by atoms with E-state index >= 15 is 0 Å². The SMILES string of the molecule is C=CC(=O)N1CCN(c2nc(OC[C@@H]3CCCN3C)nc3c2CCC2(CCCc4c(C)cc(C)cc42)O3)C[C@@H]1CC#N. The van der Waals surface area contributed by atoms with Gasteiger partial charge in [-0.25, -0.2) is 0 Å². The number of likely N-dealkylation sites (tertiary alicyclic amines) is 1. The average molecular weight is 571 g/mol. The summed E-state index contributed by atoms with van der Waals surface area (Å²) in [7, 11) is 2.14. The lowest BCUT2D eigenvalue weighted by Crippen LogP contribution is -2.55. The fourth-order valence-electron chi connectivity index (χ4n) is 7.51. The molecule has 0 N–H and O–H groups in total. The Kier molecular flexibility index (Phi) is 7.84. The number of aromatic nitrogens is 2. The molecule has 0 radical (unpaired) electrons. The lowest BCUT2D eigenvalue weighted by molar-refractivity contribution is -0.128. The van der Waals surface area contributed by atoms with Gasteiger partial charge in [0.2, 0.25) is 11.8 Å². The highest BCUT2D eigenvalue weighted by Gasteiger charge is 2.44. The van der Waals surface area contributed by atoms with Crippen LogP contribution < -0.4 is 14.4 Å². The van der Waals surface area contributed by atoms with Crippen LogP contribution in [0, 0.1) is 25.2 Å². The molecule has 1 spiro atoms. The summed E-state index contributed by atoms with van der Waals surface area (Å²) < 4.78 is 13.3. The number of rotatable bonds is 6. The first kappa shape index (κ1) is 28.5. The molecule has 1 aromatic carbocycles. The zero-order valence-electron chi connectivity index (χ0n) is 25.2. The number of amides is 1. The van der Waals surface area contributed by atoms with Gasteiger partial charge in [0.25, 0.3) is 0 Å². The van der Waals surface area contributed by atoms with E-state index in [4.69, 9.17) is 19.4 Å². The predicted octanol–water partition coefficient (Wildman–Crippen LogP) is 4.24. The molecule has 0 bridgehead atoms. The lowest BCUT2D eigenvalue weighted by atomic mass is 9.73. The fourth-order valence-corrected chi connectivity index (χ4v) is 7.51. The van der Waals surface area contributed by atoms with Crippen LogP contribution in [0.1, 0.15) is 66.3 Å². The highest BCUT2D eigenvalue weighted by atomic mass is 16.5. The van der Waals surface area contributed by atoms with E-state index in [-0.39, 0.29) is 18.4 Å². The highest BCUT2D eigenvalue weighted by Crippen LogP contribution is 2.49. The van der Waals surface area contributed by atoms with Crippen molar-refractivity contribution in [2.75, 3.05) is 44.7 Å². The Balaban J connectivity index is 1.36. The smallest absolute Gasteiger partial charge is 0.321 e. The summed E-state index contributed by atoms with van der Waals surface area (Å²) >= 11 is 0. The molecular weight excluding hydrogens is 528 g/mol. The Morgan fingerprint density at radius 1 is 1.17 bits per heavy atom. The van der Waals surface area contributed by atoms with Gasteiger partial charge in [0.1, 0.15) is 18.0 Å². The van der Waals surface area contributed by atoms with Gasteiger partial charge in [-0.2, -0.15) is 15.2 Å². The molecule has 42 heavy (non-hydrogen) atoms. The van der Waals surface area contributed by atoms with Crippen molar-refractivity contribution in [1.82, 2.24) is 19.8 Å². The minimum atomic E-state index is -0.412. The van der Waals surface area contributed by atoms with Gasteiger partial charge in [-0.3, -0.25) is 4.79 Å². The molecule has 4 aliphatic rings. The van der Waals surface area contributed by atoms with Crippen LogP contribution in [0.2, 0.25) is 0 Å². The van der Waals surface area contributed by atoms with Gasteiger partial charge in [-0.1, -0.05) is 24.3 Å². The quantitative estimate of drug-likeness (QED) is 0.476. The third-order valence-electron chi connectivity index (χ3n) is 9.76. The zero-order valence-corrected chi connectivity index (χ0v) is 25.2. The van der Waals surface area contributed by atoms with Crippen LogP contribution in [0.3, 0.4) is 0 Å². The van der Waals surface area contributed by atoms with Crippen LogP contribution in [0.5, 0.6) is 11.9 Å². The number of fused-ring (bicyclic) bond motifs is 3. The van der Waals surface area contributed by atoms with Gasteiger partial charge >= 0.3 is 6.01 Å². The largest absolute Gasteiger partial charge is 0.466 e. The van der Waals surface area contributed by atoms with E-state index in [1.165, 1.54) is 34.8 Å². The van der Waals surface area contributed by atoms with Crippen molar-refractivity contribution in [3.8, 4) is 18.0 Å². The molecule has 6 rings (SSSR count). The summed E-state index contributed by atoms with van der Waals surface area (Å²) in [6.45, 7) is 11.2. The van der Waals surface area contributed by atoms with Gasteiger partial charge in [-0.15, -0.1) is 0 Å². The third-order valence-corrected chi connectivity index (χ3v) is 9.76. The van der Waals surface area contributed by atoms with E-state index in [0.717, 1.165) is 56.5 Å². The van der Waals surface area contributed by atoms with E-state index in [2.05, 4.69) is 55.5 Å². The van der Waals surface area contributed by atoms with Crippen molar-refractivity contribution in [3.63, 3.8) is 0 Å². The van der Waals surface area contributed by atoms with E-state index in [1.54, 1.807) is 4.90 Å². The molecule has 1 amide bonds. The molecule has 1 unspecified atom stereocenters. The molecule has 2 saturated heterocycles. The predicted molar refractivity (Wildman–Crippen MR) is 161 cm³/mol. The van der Waals surface area contributed by atoms with Gasteiger partial charge < -0.3 is 24.2 Å². The minimum Gasteiger partial charge on any atom is -0.466 e. The van der Waals surface area contributed by atoms with Crippen LogP contribution in [-0.2, 0) is 23.2 Å². The van der Waals surface area contributed by atoms with Crippen molar-refractivity contribution in [3.05, 3.63) is 52.6 Å². The van der Waals surface area contributed by atoms with Crippen molar-refractivity contribution < 1.29 is 14.3 Å². The molecule has 1 aromatic heterocycles. The number of nitriles is 1. The molecular formula is C33H42N6O3. The van der Waals surface area contributed by atoms with Crippen molar-refractivity contribution in [1.29, 1.82) is 5.26 Å². The van der Waals surface area contributed by atoms with Crippen LogP contribution in [0.25, 0.3) is 0 Å². The molecule has 222 valence electrons. The molecule has 3 atom stereocenters. The number of hydrogen-bond acceptors (Lipinski definition) is 8. The number of ether oxygens (including phenoxy) is 2.